The molecule has 3 rings (SSSR count). The molecular weight excluding hydrogens is 222 g/mol. The van der Waals surface area contributed by atoms with Crippen LogP contribution in [0.25, 0.3) is 0 Å². The Morgan fingerprint density at radius 1 is 0.944 bits per heavy atom. The van der Waals surface area contributed by atoms with E-state index < -0.39 is 0 Å². The van der Waals surface area contributed by atoms with Crippen molar-refractivity contribution in [2.75, 3.05) is 33.2 Å². The molecule has 3 aliphatic heterocycles. The fourth-order valence-electron chi connectivity index (χ4n) is 4.17. The number of fused-ring (bicyclic) bond motifs is 1. The van der Waals surface area contributed by atoms with E-state index in [2.05, 4.69) is 29.1 Å². The van der Waals surface area contributed by atoms with Gasteiger partial charge in [-0.2, -0.15) is 0 Å². The molecule has 3 fully saturated rings. The first-order valence-corrected chi connectivity index (χ1v) is 7.87. The summed E-state index contributed by atoms with van der Waals surface area (Å²) in [5.74, 6) is 0. The quantitative estimate of drug-likeness (QED) is 0.806. The molecule has 0 amide bonds. The van der Waals surface area contributed by atoms with E-state index in [1.54, 1.807) is 0 Å². The molecule has 2 atom stereocenters. The van der Waals surface area contributed by atoms with Crippen molar-refractivity contribution in [2.24, 2.45) is 0 Å². The van der Waals surface area contributed by atoms with E-state index in [0.29, 0.717) is 5.54 Å². The number of nitrogens with one attached hydrogen (secondary N) is 1. The first-order valence-electron chi connectivity index (χ1n) is 7.87. The van der Waals surface area contributed by atoms with Crippen molar-refractivity contribution in [1.82, 2.24) is 15.1 Å². The molecule has 18 heavy (non-hydrogen) atoms. The van der Waals surface area contributed by atoms with Crippen molar-refractivity contribution < 1.29 is 0 Å². The highest BCUT2D eigenvalue weighted by molar-refractivity contribution is 4.94. The fraction of sp³-hybridized carbons (Fsp3) is 1.00. The van der Waals surface area contributed by atoms with Crippen LogP contribution in [0.1, 0.15) is 45.4 Å². The molecule has 0 radical (unpaired) electrons. The summed E-state index contributed by atoms with van der Waals surface area (Å²) in [6, 6.07) is 1.80. The number of hydrogen-bond donors (Lipinski definition) is 1. The van der Waals surface area contributed by atoms with Gasteiger partial charge in [0.1, 0.15) is 0 Å². The molecule has 0 spiro atoms. The molecule has 3 saturated heterocycles. The Labute approximate surface area is 112 Å². The smallest absolute Gasteiger partial charge is 0.0174 e. The number of nitrogens with zero attached hydrogens (tertiary/aromatic N) is 2. The molecule has 0 aliphatic carbocycles. The van der Waals surface area contributed by atoms with Crippen LogP contribution >= 0.6 is 0 Å². The Bertz CT molecular complexity index is 283. The van der Waals surface area contributed by atoms with E-state index in [9.17, 15) is 0 Å². The van der Waals surface area contributed by atoms with Crippen molar-refractivity contribution in [2.45, 2.75) is 63.1 Å². The molecule has 3 nitrogen and oxygen atoms in total. The van der Waals surface area contributed by atoms with Crippen LogP contribution in [0, 0.1) is 0 Å². The van der Waals surface area contributed by atoms with E-state index in [4.69, 9.17) is 0 Å². The lowest BCUT2D eigenvalue weighted by Gasteiger charge is -2.46. The van der Waals surface area contributed by atoms with Gasteiger partial charge in [0, 0.05) is 30.7 Å². The second-order valence-corrected chi connectivity index (χ2v) is 6.86. The summed E-state index contributed by atoms with van der Waals surface area (Å²) in [7, 11) is 2.12. The average Bonchev–Trinajstić information content (AvgIpc) is 2.87. The summed E-state index contributed by atoms with van der Waals surface area (Å²) in [6.45, 7) is 7.71. The second kappa shape index (κ2) is 5.10. The molecule has 0 aromatic heterocycles. The normalized spacial score (nSPS) is 37.7. The summed E-state index contributed by atoms with van der Waals surface area (Å²) >= 11 is 0. The highest BCUT2D eigenvalue weighted by atomic mass is 15.2. The molecule has 1 N–H and O–H groups in total. The summed E-state index contributed by atoms with van der Waals surface area (Å²) in [6.07, 6.45) is 8.37. The topological polar surface area (TPSA) is 18.5 Å². The minimum atomic E-state index is 0.393. The summed E-state index contributed by atoms with van der Waals surface area (Å²) in [4.78, 5) is 5.52. The molecule has 0 aromatic carbocycles. The van der Waals surface area contributed by atoms with Crippen LogP contribution in [0.5, 0.6) is 0 Å². The van der Waals surface area contributed by atoms with Gasteiger partial charge in [-0.05, 0) is 65.6 Å². The Morgan fingerprint density at radius 2 is 1.61 bits per heavy atom. The third kappa shape index (κ3) is 2.45. The molecular formula is C15H29N3. The van der Waals surface area contributed by atoms with Crippen molar-refractivity contribution in [3.05, 3.63) is 0 Å². The zero-order chi connectivity index (χ0) is 12.6. The van der Waals surface area contributed by atoms with E-state index >= 15 is 0 Å². The minimum absolute atomic E-state index is 0.393. The monoisotopic (exact) mass is 251 g/mol. The Balaban J connectivity index is 1.54. The average molecular weight is 251 g/mol. The van der Waals surface area contributed by atoms with Crippen LogP contribution in [0.4, 0.5) is 0 Å². The van der Waals surface area contributed by atoms with Crippen molar-refractivity contribution in [1.29, 1.82) is 0 Å². The fourth-order valence-corrected chi connectivity index (χ4v) is 4.17. The van der Waals surface area contributed by atoms with Gasteiger partial charge in [-0.15, -0.1) is 0 Å². The molecule has 0 aromatic rings. The third-order valence-corrected chi connectivity index (χ3v) is 5.81. The molecule has 0 bridgehead atoms. The van der Waals surface area contributed by atoms with Crippen LogP contribution in [0.15, 0.2) is 0 Å². The van der Waals surface area contributed by atoms with E-state index in [1.807, 2.05) is 0 Å². The van der Waals surface area contributed by atoms with E-state index in [-0.39, 0.29) is 0 Å². The second-order valence-electron chi connectivity index (χ2n) is 6.86. The molecule has 104 valence electrons. The largest absolute Gasteiger partial charge is 0.314 e. The lowest BCUT2D eigenvalue weighted by molar-refractivity contribution is 0.0533. The van der Waals surface area contributed by atoms with Gasteiger partial charge in [0.05, 0.1) is 0 Å². The highest BCUT2D eigenvalue weighted by Gasteiger charge is 2.37. The third-order valence-electron chi connectivity index (χ3n) is 5.81. The van der Waals surface area contributed by atoms with Gasteiger partial charge >= 0.3 is 0 Å². The summed E-state index contributed by atoms with van der Waals surface area (Å²) in [5, 5.41) is 3.51. The van der Waals surface area contributed by atoms with Crippen molar-refractivity contribution in [3.63, 3.8) is 0 Å². The number of piperidine rings is 2. The Hall–Kier alpha value is -0.120. The van der Waals surface area contributed by atoms with E-state index in [1.165, 1.54) is 64.7 Å². The van der Waals surface area contributed by atoms with Gasteiger partial charge in [0.2, 0.25) is 0 Å². The van der Waals surface area contributed by atoms with Crippen LogP contribution in [0.2, 0.25) is 0 Å². The summed E-state index contributed by atoms with van der Waals surface area (Å²) < 4.78 is 0. The number of rotatable bonds is 2. The lowest BCUT2D eigenvalue weighted by Crippen LogP contribution is -2.55. The van der Waals surface area contributed by atoms with E-state index in [0.717, 1.165) is 12.1 Å². The van der Waals surface area contributed by atoms with Crippen LogP contribution in [-0.2, 0) is 0 Å². The van der Waals surface area contributed by atoms with Gasteiger partial charge in [0.15, 0.2) is 0 Å². The van der Waals surface area contributed by atoms with Crippen molar-refractivity contribution in [3.8, 4) is 0 Å². The molecule has 0 saturated carbocycles. The Kier molecular flexibility index (Phi) is 3.65. The maximum atomic E-state index is 3.51. The zero-order valence-electron chi connectivity index (χ0n) is 12.1. The molecule has 3 heteroatoms. The molecule has 3 heterocycles. The Morgan fingerprint density at radius 3 is 2.33 bits per heavy atom. The lowest BCUT2D eigenvalue weighted by atomic mass is 9.87. The standard InChI is InChI=1S/C15H29N3/c1-15(16-2)6-10-18(11-7-15)14-5-9-17-8-3-4-13(17)12-14/h13-14,16H,3-12H2,1-2H3. The number of hydrogen-bond acceptors (Lipinski definition) is 3. The zero-order valence-corrected chi connectivity index (χ0v) is 12.1. The van der Waals surface area contributed by atoms with Gasteiger partial charge < -0.3 is 15.1 Å². The number of likely N-dealkylation sites (tertiary alicyclic amines) is 1. The van der Waals surface area contributed by atoms with Crippen LogP contribution in [-0.4, -0.2) is 60.6 Å². The minimum Gasteiger partial charge on any atom is -0.314 e. The van der Waals surface area contributed by atoms with Crippen LogP contribution in [0.3, 0.4) is 0 Å². The van der Waals surface area contributed by atoms with Gasteiger partial charge in [-0.3, -0.25) is 0 Å². The highest BCUT2D eigenvalue weighted by Crippen LogP contribution is 2.32. The van der Waals surface area contributed by atoms with Crippen LogP contribution < -0.4 is 5.32 Å². The van der Waals surface area contributed by atoms with Gasteiger partial charge in [-0.25, -0.2) is 0 Å². The van der Waals surface area contributed by atoms with Crippen molar-refractivity contribution >= 4 is 0 Å². The summed E-state index contributed by atoms with van der Waals surface area (Å²) in [5.41, 5.74) is 0.393. The SMILES string of the molecule is CNC1(C)CCN(C2CCN3CCCC3C2)CC1. The predicted octanol–water partition coefficient (Wildman–Crippen LogP) is 1.69. The van der Waals surface area contributed by atoms with Gasteiger partial charge in [-0.1, -0.05) is 0 Å². The first kappa shape index (κ1) is 12.9. The maximum absolute atomic E-state index is 3.51. The van der Waals surface area contributed by atoms with Gasteiger partial charge in [0.25, 0.3) is 0 Å². The molecule has 3 aliphatic rings. The predicted molar refractivity (Wildman–Crippen MR) is 75.9 cm³/mol. The maximum Gasteiger partial charge on any atom is 0.0174 e. The molecule has 2 unspecified atom stereocenters. The first-order chi connectivity index (χ1) is 8.70.